The fourth-order valence-electron chi connectivity index (χ4n) is 1.18. The van der Waals surface area contributed by atoms with Gasteiger partial charge in [-0.05, 0) is 6.42 Å². The van der Waals surface area contributed by atoms with Gasteiger partial charge in [-0.15, -0.1) is 0 Å². The van der Waals surface area contributed by atoms with Crippen LogP contribution in [0.15, 0.2) is 0 Å². The van der Waals surface area contributed by atoms with Crippen LogP contribution in [0.2, 0.25) is 0 Å². The lowest BCUT2D eigenvalue weighted by atomic mass is 10.3. The molecule has 9 nitrogen and oxygen atoms in total. The number of carboxylic acid groups (broad SMARTS) is 1. The minimum absolute atomic E-state index is 0.149. The second kappa shape index (κ2) is 9.64. The molecular weight excluding hydrogens is 292 g/mol. The summed E-state index contributed by atoms with van der Waals surface area (Å²) < 4.78 is 34.3. The number of amides is 1. The zero-order valence-corrected chi connectivity index (χ0v) is 12.2. The molecule has 0 aromatic carbocycles. The molecule has 10 heteroatoms. The molecule has 1 atom stereocenters. The van der Waals surface area contributed by atoms with Gasteiger partial charge in [-0.3, -0.25) is 4.79 Å². The normalized spacial score (nSPS) is 12.9. The monoisotopic (exact) mass is 312 g/mol. The third-order valence-electron chi connectivity index (χ3n) is 2.26. The highest BCUT2D eigenvalue weighted by Gasteiger charge is 2.18. The lowest BCUT2D eigenvalue weighted by molar-refractivity contribution is -0.148. The largest absolute Gasteiger partial charge is 0.479 e. The summed E-state index contributed by atoms with van der Waals surface area (Å²) in [5.74, 6) is -2.00. The number of ether oxygens (including phenoxy) is 2. The van der Waals surface area contributed by atoms with Crippen molar-refractivity contribution in [2.24, 2.45) is 0 Å². The number of aliphatic carboxylic acids is 1. The zero-order chi connectivity index (χ0) is 15.6. The first-order valence-electron chi connectivity index (χ1n) is 5.81. The summed E-state index contributed by atoms with van der Waals surface area (Å²) in [7, 11) is -0.889. The summed E-state index contributed by atoms with van der Waals surface area (Å²) in [6.45, 7) is -0.386. The van der Waals surface area contributed by atoms with Crippen LogP contribution in [0.4, 0.5) is 0 Å². The summed E-state index contributed by atoms with van der Waals surface area (Å²) >= 11 is 0. The SMILES string of the molecule is COCCCS(=O)(=O)NCC(=O)NCC(OC)C(=O)O. The van der Waals surface area contributed by atoms with Gasteiger partial charge in [0.25, 0.3) is 0 Å². The molecule has 0 aliphatic heterocycles. The van der Waals surface area contributed by atoms with Gasteiger partial charge >= 0.3 is 5.97 Å². The van der Waals surface area contributed by atoms with Gasteiger partial charge in [-0.1, -0.05) is 0 Å². The second-order valence-electron chi connectivity index (χ2n) is 3.85. The number of nitrogens with one attached hydrogen (secondary N) is 2. The van der Waals surface area contributed by atoms with Gasteiger partial charge < -0.3 is 19.9 Å². The van der Waals surface area contributed by atoms with Crippen molar-refractivity contribution < 1.29 is 32.6 Å². The van der Waals surface area contributed by atoms with E-state index >= 15 is 0 Å². The molecule has 0 bridgehead atoms. The van der Waals surface area contributed by atoms with Crippen molar-refractivity contribution in [3.63, 3.8) is 0 Å². The molecule has 0 spiro atoms. The molecule has 0 heterocycles. The lowest BCUT2D eigenvalue weighted by Gasteiger charge is -2.12. The number of hydrogen-bond acceptors (Lipinski definition) is 6. The van der Waals surface area contributed by atoms with E-state index < -0.39 is 34.5 Å². The van der Waals surface area contributed by atoms with Gasteiger partial charge in [0, 0.05) is 20.8 Å². The predicted molar refractivity (Wildman–Crippen MR) is 69.7 cm³/mol. The van der Waals surface area contributed by atoms with Crippen molar-refractivity contribution in [3.8, 4) is 0 Å². The van der Waals surface area contributed by atoms with Crippen molar-refractivity contribution in [2.45, 2.75) is 12.5 Å². The second-order valence-corrected chi connectivity index (χ2v) is 5.78. The minimum Gasteiger partial charge on any atom is -0.479 e. The molecule has 0 aromatic heterocycles. The van der Waals surface area contributed by atoms with Crippen LogP contribution >= 0.6 is 0 Å². The van der Waals surface area contributed by atoms with E-state index in [1.807, 2.05) is 0 Å². The zero-order valence-electron chi connectivity index (χ0n) is 11.4. The van der Waals surface area contributed by atoms with Crippen LogP contribution in [0.1, 0.15) is 6.42 Å². The molecule has 1 amide bonds. The van der Waals surface area contributed by atoms with E-state index in [2.05, 4.69) is 14.8 Å². The number of sulfonamides is 1. The molecule has 20 heavy (non-hydrogen) atoms. The van der Waals surface area contributed by atoms with Crippen molar-refractivity contribution in [1.29, 1.82) is 0 Å². The fourth-order valence-corrected chi connectivity index (χ4v) is 2.17. The first kappa shape index (κ1) is 18.8. The maximum absolute atomic E-state index is 11.4. The van der Waals surface area contributed by atoms with Crippen molar-refractivity contribution in [3.05, 3.63) is 0 Å². The van der Waals surface area contributed by atoms with Crippen LogP contribution in [0.5, 0.6) is 0 Å². The Labute approximate surface area is 117 Å². The highest BCUT2D eigenvalue weighted by Crippen LogP contribution is 1.90. The molecular formula is C10H20N2O7S. The molecule has 0 aliphatic rings. The van der Waals surface area contributed by atoms with Crippen molar-refractivity contribution >= 4 is 21.9 Å². The Morgan fingerprint density at radius 3 is 2.45 bits per heavy atom. The van der Waals surface area contributed by atoms with Crippen LogP contribution in [-0.4, -0.2) is 71.2 Å². The quantitative estimate of drug-likeness (QED) is 0.382. The van der Waals surface area contributed by atoms with Crippen LogP contribution in [0.25, 0.3) is 0 Å². The first-order chi connectivity index (χ1) is 9.32. The van der Waals surface area contributed by atoms with Gasteiger partial charge in [0.1, 0.15) is 0 Å². The molecule has 0 aromatic rings. The maximum atomic E-state index is 11.4. The minimum atomic E-state index is -3.55. The Morgan fingerprint density at radius 2 is 1.95 bits per heavy atom. The number of hydrogen-bond donors (Lipinski definition) is 3. The standard InChI is InChI=1S/C10H20N2O7S/c1-18-4-3-5-20(16,17)12-7-9(13)11-6-8(19-2)10(14)15/h8,12H,3-7H2,1-2H3,(H,11,13)(H,14,15). The van der Waals surface area contributed by atoms with Crippen LogP contribution < -0.4 is 10.0 Å². The number of rotatable bonds is 11. The molecule has 0 saturated heterocycles. The van der Waals surface area contributed by atoms with Crippen LogP contribution in [0.3, 0.4) is 0 Å². The Morgan fingerprint density at radius 1 is 1.30 bits per heavy atom. The van der Waals surface area contributed by atoms with E-state index in [9.17, 15) is 18.0 Å². The molecule has 1 unspecified atom stereocenters. The Bertz CT molecular complexity index is 410. The number of carbonyl (C=O) groups excluding carboxylic acids is 1. The lowest BCUT2D eigenvalue weighted by Crippen LogP contribution is -2.43. The number of carbonyl (C=O) groups is 2. The molecule has 0 fully saturated rings. The molecule has 3 N–H and O–H groups in total. The Balaban J connectivity index is 4.01. The van der Waals surface area contributed by atoms with E-state index in [0.717, 1.165) is 0 Å². The van der Waals surface area contributed by atoms with Gasteiger partial charge in [0.05, 0.1) is 18.8 Å². The van der Waals surface area contributed by atoms with E-state index in [-0.39, 0.29) is 12.3 Å². The molecule has 0 saturated carbocycles. The Kier molecular flexibility index (Phi) is 9.05. The van der Waals surface area contributed by atoms with Crippen molar-refractivity contribution in [2.75, 3.05) is 39.7 Å². The summed E-state index contributed by atoms with van der Waals surface area (Å²) in [6, 6.07) is 0. The first-order valence-corrected chi connectivity index (χ1v) is 7.46. The van der Waals surface area contributed by atoms with E-state index in [4.69, 9.17) is 9.84 Å². The van der Waals surface area contributed by atoms with Crippen molar-refractivity contribution in [1.82, 2.24) is 10.0 Å². The molecule has 0 radical (unpaired) electrons. The highest BCUT2D eigenvalue weighted by molar-refractivity contribution is 7.89. The predicted octanol–water partition coefficient (Wildman–Crippen LogP) is -1.84. The third-order valence-corrected chi connectivity index (χ3v) is 3.67. The topological polar surface area (TPSA) is 131 Å². The van der Waals surface area contributed by atoms with Gasteiger partial charge in [0.2, 0.25) is 15.9 Å². The van der Waals surface area contributed by atoms with E-state index in [0.29, 0.717) is 13.0 Å². The van der Waals surface area contributed by atoms with E-state index in [1.54, 1.807) is 0 Å². The van der Waals surface area contributed by atoms with Gasteiger partial charge in [-0.2, -0.15) is 0 Å². The van der Waals surface area contributed by atoms with Crippen LogP contribution in [0, 0.1) is 0 Å². The summed E-state index contributed by atoms with van der Waals surface area (Å²) in [5, 5.41) is 10.9. The smallest absolute Gasteiger partial charge is 0.334 e. The van der Waals surface area contributed by atoms with Gasteiger partial charge in [-0.25, -0.2) is 17.9 Å². The highest BCUT2D eigenvalue weighted by atomic mass is 32.2. The summed E-state index contributed by atoms with van der Waals surface area (Å²) in [6.07, 6.45) is -0.852. The Hall–Kier alpha value is -1.23. The van der Waals surface area contributed by atoms with Gasteiger partial charge in [0.15, 0.2) is 6.10 Å². The number of carboxylic acids is 1. The third kappa shape index (κ3) is 8.80. The summed E-state index contributed by atoms with van der Waals surface area (Å²) in [5.41, 5.74) is 0. The molecule has 0 aliphatic carbocycles. The summed E-state index contributed by atoms with van der Waals surface area (Å²) in [4.78, 5) is 22.0. The number of methoxy groups -OCH3 is 2. The van der Waals surface area contributed by atoms with E-state index in [1.165, 1.54) is 14.2 Å². The fraction of sp³-hybridized carbons (Fsp3) is 0.800. The molecule has 0 rings (SSSR count). The maximum Gasteiger partial charge on any atom is 0.334 e. The van der Waals surface area contributed by atoms with Crippen LogP contribution in [-0.2, 0) is 29.1 Å². The average Bonchev–Trinajstić information content (AvgIpc) is 2.37. The molecule has 118 valence electrons. The average molecular weight is 312 g/mol.